The number of carbonyl (C=O) groups excluding carboxylic acids is 1. The summed E-state index contributed by atoms with van der Waals surface area (Å²) in [7, 11) is 1.55. The molecule has 150 valence electrons. The summed E-state index contributed by atoms with van der Waals surface area (Å²) in [6, 6.07) is 16.3. The van der Waals surface area contributed by atoms with Crippen molar-refractivity contribution in [1.82, 2.24) is 10.2 Å². The molecule has 0 radical (unpaired) electrons. The third-order valence-corrected chi connectivity index (χ3v) is 5.17. The second-order valence-corrected chi connectivity index (χ2v) is 7.48. The Morgan fingerprint density at radius 3 is 2.75 bits per heavy atom. The van der Waals surface area contributed by atoms with Crippen molar-refractivity contribution in [3.8, 4) is 0 Å². The molecule has 2 aromatic carbocycles. The van der Waals surface area contributed by atoms with Crippen LogP contribution in [0.1, 0.15) is 17.5 Å². The quantitative estimate of drug-likeness (QED) is 0.853. The maximum absolute atomic E-state index is 12.7. The first-order valence-corrected chi connectivity index (χ1v) is 10.1. The van der Waals surface area contributed by atoms with Gasteiger partial charge in [-0.2, -0.15) is 0 Å². The minimum absolute atomic E-state index is 0.0418. The molecule has 0 spiro atoms. The lowest BCUT2D eigenvalue weighted by Gasteiger charge is -2.26. The van der Waals surface area contributed by atoms with Crippen LogP contribution in [0.5, 0.6) is 0 Å². The zero-order valence-corrected chi connectivity index (χ0v) is 17.1. The molecule has 0 saturated carbocycles. The van der Waals surface area contributed by atoms with E-state index in [0.29, 0.717) is 18.1 Å². The number of amides is 1. The molecule has 0 aromatic heterocycles. The molecular weight excluding hydrogens is 374 g/mol. The second kappa shape index (κ2) is 10.6. The summed E-state index contributed by atoms with van der Waals surface area (Å²) in [6.07, 6.45) is 0.883. The Labute approximate surface area is 172 Å². The Morgan fingerprint density at radius 1 is 1.14 bits per heavy atom. The number of benzene rings is 2. The van der Waals surface area contributed by atoms with Gasteiger partial charge in [-0.05, 0) is 29.7 Å². The number of halogens is 1. The van der Waals surface area contributed by atoms with Crippen molar-refractivity contribution in [1.29, 1.82) is 0 Å². The second-order valence-electron chi connectivity index (χ2n) is 7.04. The van der Waals surface area contributed by atoms with E-state index >= 15 is 0 Å². The lowest BCUT2D eigenvalue weighted by Crippen LogP contribution is -2.37. The summed E-state index contributed by atoms with van der Waals surface area (Å²) in [5, 5.41) is 4.15. The minimum atomic E-state index is -0.0418. The number of carbonyl (C=O) groups is 1. The number of hydrogen-bond donors (Lipinski definition) is 1. The van der Waals surface area contributed by atoms with E-state index in [4.69, 9.17) is 16.3 Å². The number of nitrogens with zero attached hydrogens (tertiary/aromatic N) is 2. The third kappa shape index (κ3) is 5.79. The van der Waals surface area contributed by atoms with Gasteiger partial charge in [0.15, 0.2) is 0 Å². The molecular formula is C22H28ClN3O2. The van der Waals surface area contributed by atoms with E-state index in [-0.39, 0.29) is 12.5 Å². The van der Waals surface area contributed by atoms with E-state index in [1.54, 1.807) is 7.11 Å². The fourth-order valence-electron chi connectivity index (χ4n) is 3.54. The van der Waals surface area contributed by atoms with Crippen LogP contribution < -0.4 is 10.2 Å². The van der Waals surface area contributed by atoms with Crippen LogP contribution in [0.25, 0.3) is 0 Å². The maximum Gasteiger partial charge on any atom is 0.252 e. The predicted molar refractivity (Wildman–Crippen MR) is 114 cm³/mol. The maximum atomic E-state index is 12.7. The molecule has 0 atom stereocenters. The van der Waals surface area contributed by atoms with Gasteiger partial charge in [0.05, 0.1) is 0 Å². The van der Waals surface area contributed by atoms with Crippen molar-refractivity contribution in [2.24, 2.45) is 0 Å². The topological polar surface area (TPSA) is 44.8 Å². The highest BCUT2D eigenvalue weighted by molar-refractivity contribution is 6.31. The Balaban J connectivity index is 1.78. The number of rotatable bonds is 4. The SMILES string of the molecule is COCC(=O)N1CCCN(Cc2ccccc2)CCNCc2ccc(Cl)cc21. The Hall–Kier alpha value is -1.92. The lowest BCUT2D eigenvalue weighted by atomic mass is 10.1. The Morgan fingerprint density at radius 2 is 1.96 bits per heavy atom. The van der Waals surface area contributed by atoms with Gasteiger partial charge >= 0.3 is 0 Å². The molecule has 0 saturated heterocycles. The van der Waals surface area contributed by atoms with Crippen LogP contribution in [-0.4, -0.2) is 50.7 Å². The third-order valence-electron chi connectivity index (χ3n) is 4.93. The van der Waals surface area contributed by atoms with E-state index in [0.717, 1.165) is 43.9 Å². The van der Waals surface area contributed by atoms with Gasteiger partial charge in [-0.3, -0.25) is 9.69 Å². The van der Waals surface area contributed by atoms with Crippen LogP contribution >= 0.6 is 11.6 Å². The molecule has 0 unspecified atom stereocenters. The molecule has 0 fully saturated rings. The van der Waals surface area contributed by atoms with E-state index in [9.17, 15) is 4.79 Å². The number of fused-ring (bicyclic) bond motifs is 1. The monoisotopic (exact) mass is 401 g/mol. The molecule has 3 rings (SSSR count). The molecule has 0 aliphatic carbocycles. The summed E-state index contributed by atoms with van der Waals surface area (Å²) in [5.41, 5.74) is 3.25. The minimum Gasteiger partial charge on any atom is -0.375 e. The highest BCUT2D eigenvalue weighted by Crippen LogP contribution is 2.26. The lowest BCUT2D eigenvalue weighted by molar-refractivity contribution is -0.122. The summed E-state index contributed by atoms with van der Waals surface area (Å²) in [5.74, 6) is -0.0418. The van der Waals surface area contributed by atoms with E-state index in [1.807, 2.05) is 29.2 Å². The molecule has 28 heavy (non-hydrogen) atoms. The van der Waals surface area contributed by atoms with Crippen molar-refractivity contribution < 1.29 is 9.53 Å². The molecule has 1 amide bonds. The van der Waals surface area contributed by atoms with Gasteiger partial charge in [-0.1, -0.05) is 48.0 Å². The first kappa shape index (κ1) is 20.8. The van der Waals surface area contributed by atoms with Gasteiger partial charge in [-0.15, -0.1) is 0 Å². The molecule has 1 aliphatic rings. The van der Waals surface area contributed by atoms with Gasteiger partial charge in [0.25, 0.3) is 5.91 Å². The highest BCUT2D eigenvalue weighted by Gasteiger charge is 2.20. The Bertz CT molecular complexity index is 770. The van der Waals surface area contributed by atoms with Crippen molar-refractivity contribution in [3.05, 3.63) is 64.7 Å². The summed E-state index contributed by atoms with van der Waals surface area (Å²) in [6.45, 7) is 5.08. The first-order valence-electron chi connectivity index (χ1n) is 9.72. The number of anilines is 1. The van der Waals surface area contributed by atoms with Gasteiger partial charge in [0.2, 0.25) is 0 Å². The average molecular weight is 402 g/mol. The van der Waals surface area contributed by atoms with Crippen molar-refractivity contribution in [2.75, 3.05) is 44.8 Å². The number of ether oxygens (including phenoxy) is 1. The number of nitrogens with one attached hydrogen (secondary N) is 1. The van der Waals surface area contributed by atoms with Crippen LogP contribution in [0.4, 0.5) is 5.69 Å². The van der Waals surface area contributed by atoms with E-state index in [2.05, 4.69) is 34.5 Å². The molecule has 1 heterocycles. The zero-order chi connectivity index (χ0) is 19.8. The number of hydrogen-bond acceptors (Lipinski definition) is 4. The molecule has 1 aliphatic heterocycles. The van der Waals surface area contributed by atoms with Gasteiger partial charge < -0.3 is 15.0 Å². The predicted octanol–water partition coefficient (Wildman–Crippen LogP) is 3.31. The van der Waals surface area contributed by atoms with Gasteiger partial charge in [0, 0.05) is 57.1 Å². The molecule has 5 nitrogen and oxygen atoms in total. The standard InChI is InChI=1S/C22H28ClN3O2/c1-28-17-22(27)26-12-5-11-25(16-18-6-3-2-4-7-18)13-10-24-15-19-8-9-20(23)14-21(19)26/h2-4,6-9,14,24H,5,10-13,15-17H2,1H3. The normalized spacial score (nSPS) is 16.3. The van der Waals surface area contributed by atoms with Crippen LogP contribution in [0.3, 0.4) is 0 Å². The first-order chi connectivity index (χ1) is 13.7. The summed E-state index contributed by atoms with van der Waals surface area (Å²) < 4.78 is 5.10. The van der Waals surface area contributed by atoms with Crippen LogP contribution in [0.15, 0.2) is 48.5 Å². The fourth-order valence-corrected chi connectivity index (χ4v) is 3.71. The molecule has 0 bridgehead atoms. The van der Waals surface area contributed by atoms with E-state index in [1.165, 1.54) is 5.56 Å². The van der Waals surface area contributed by atoms with Crippen molar-refractivity contribution in [3.63, 3.8) is 0 Å². The number of methoxy groups -OCH3 is 1. The van der Waals surface area contributed by atoms with Crippen molar-refractivity contribution >= 4 is 23.2 Å². The van der Waals surface area contributed by atoms with Crippen LogP contribution in [0.2, 0.25) is 5.02 Å². The van der Waals surface area contributed by atoms with Crippen molar-refractivity contribution in [2.45, 2.75) is 19.5 Å². The fraction of sp³-hybridized carbons (Fsp3) is 0.409. The summed E-state index contributed by atoms with van der Waals surface area (Å²) in [4.78, 5) is 17.0. The molecule has 1 N–H and O–H groups in total. The van der Waals surface area contributed by atoms with Gasteiger partial charge in [-0.25, -0.2) is 0 Å². The average Bonchev–Trinajstić information content (AvgIpc) is 2.73. The molecule has 2 aromatic rings. The van der Waals surface area contributed by atoms with E-state index < -0.39 is 0 Å². The smallest absolute Gasteiger partial charge is 0.252 e. The van der Waals surface area contributed by atoms with Gasteiger partial charge in [0.1, 0.15) is 6.61 Å². The largest absolute Gasteiger partial charge is 0.375 e. The Kier molecular flexibility index (Phi) is 7.86. The summed E-state index contributed by atoms with van der Waals surface area (Å²) >= 11 is 6.24. The van der Waals surface area contributed by atoms with Crippen LogP contribution in [-0.2, 0) is 22.6 Å². The zero-order valence-electron chi connectivity index (χ0n) is 16.4. The molecule has 6 heteroatoms. The highest BCUT2D eigenvalue weighted by atomic mass is 35.5. The van der Waals surface area contributed by atoms with Crippen LogP contribution in [0, 0.1) is 0 Å².